The summed E-state index contributed by atoms with van der Waals surface area (Å²) in [5.74, 6) is -1.02. The molecule has 5 nitrogen and oxygen atoms in total. The maximum Gasteiger partial charge on any atom is 0.323 e. The van der Waals surface area contributed by atoms with Gasteiger partial charge in [-0.25, -0.2) is 0 Å². The van der Waals surface area contributed by atoms with E-state index < -0.39 is 5.97 Å². The lowest BCUT2D eigenvalue weighted by Gasteiger charge is -2.20. The molecule has 0 fully saturated rings. The van der Waals surface area contributed by atoms with E-state index in [1.54, 1.807) is 6.07 Å². The topological polar surface area (TPSA) is 62.5 Å². The number of pyridine rings is 1. The molecule has 0 saturated carbocycles. The Balaban J connectivity index is 2.99. The van der Waals surface area contributed by atoms with Gasteiger partial charge in [0.25, 0.3) is 5.56 Å². The first-order valence-electron chi connectivity index (χ1n) is 5.25. The monoisotopic (exact) mass is 224 g/mol. The minimum Gasteiger partial charge on any atom is -0.480 e. The molecule has 0 aliphatic carbocycles. The van der Waals surface area contributed by atoms with Crippen molar-refractivity contribution < 1.29 is 9.90 Å². The van der Waals surface area contributed by atoms with Gasteiger partial charge < -0.3 is 14.6 Å². The Morgan fingerprint density at radius 2 is 2.06 bits per heavy atom. The maximum absolute atomic E-state index is 11.6. The molecule has 0 bridgehead atoms. The molecule has 1 N–H and O–H groups in total. The third-order valence-electron chi connectivity index (χ3n) is 2.41. The van der Waals surface area contributed by atoms with Gasteiger partial charge in [0.15, 0.2) is 0 Å². The molecule has 0 radical (unpaired) electrons. The zero-order chi connectivity index (χ0) is 12.1. The third-order valence-corrected chi connectivity index (χ3v) is 2.41. The van der Waals surface area contributed by atoms with Gasteiger partial charge in [0, 0.05) is 31.0 Å². The van der Waals surface area contributed by atoms with Crippen LogP contribution in [0.4, 0.5) is 5.69 Å². The van der Waals surface area contributed by atoms with Crippen molar-refractivity contribution in [3.63, 3.8) is 0 Å². The summed E-state index contributed by atoms with van der Waals surface area (Å²) in [7, 11) is 0. The first kappa shape index (κ1) is 12.3. The van der Waals surface area contributed by atoms with Crippen molar-refractivity contribution in [3.8, 4) is 0 Å². The van der Waals surface area contributed by atoms with Crippen molar-refractivity contribution >= 4 is 11.7 Å². The number of aliphatic carboxylic acids is 1. The largest absolute Gasteiger partial charge is 0.480 e. The summed E-state index contributed by atoms with van der Waals surface area (Å²) in [5.41, 5.74) is 0.545. The summed E-state index contributed by atoms with van der Waals surface area (Å²) in [6.45, 7) is 5.35. The van der Waals surface area contributed by atoms with Crippen LogP contribution in [0.25, 0.3) is 0 Å². The van der Waals surface area contributed by atoms with E-state index in [9.17, 15) is 9.59 Å². The molecule has 1 heterocycles. The van der Waals surface area contributed by atoms with Crippen molar-refractivity contribution in [2.75, 3.05) is 18.0 Å². The average molecular weight is 224 g/mol. The number of carbonyl (C=O) groups is 1. The van der Waals surface area contributed by atoms with E-state index in [0.717, 1.165) is 18.8 Å². The average Bonchev–Trinajstić information content (AvgIpc) is 2.23. The van der Waals surface area contributed by atoms with Gasteiger partial charge in [-0.1, -0.05) is 0 Å². The fourth-order valence-corrected chi connectivity index (χ4v) is 1.56. The van der Waals surface area contributed by atoms with E-state index in [1.807, 2.05) is 18.7 Å². The third kappa shape index (κ3) is 2.85. The second-order valence-corrected chi connectivity index (χ2v) is 3.42. The van der Waals surface area contributed by atoms with Gasteiger partial charge >= 0.3 is 5.97 Å². The first-order valence-corrected chi connectivity index (χ1v) is 5.25. The second-order valence-electron chi connectivity index (χ2n) is 3.42. The van der Waals surface area contributed by atoms with Gasteiger partial charge in [0.2, 0.25) is 0 Å². The molecule has 0 amide bonds. The van der Waals surface area contributed by atoms with Crippen LogP contribution in [0.2, 0.25) is 0 Å². The molecule has 5 heteroatoms. The van der Waals surface area contributed by atoms with Crippen LogP contribution in [-0.4, -0.2) is 28.7 Å². The Morgan fingerprint density at radius 3 is 2.50 bits per heavy atom. The molecule has 1 aromatic rings. The van der Waals surface area contributed by atoms with Crippen molar-refractivity contribution in [1.29, 1.82) is 0 Å². The molecule has 0 aliphatic rings. The van der Waals surface area contributed by atoms with Gasteiger partial charge in [-0.3, -0.25) is 9.59 Å². The van der Waals surface area contributed by atoms with Crippen LogP contribution in [0.3, 0.4) is 0 Å². The maximum atomic E-state index is 11.6. The minimum atomic E-state index is -1.02. The van der Waals surface area contributed by atoms with E-state index in [-0.39, 0.29) is 12.1 Å². The van der Waals surface area contributed by atoms with Gasteiger partial charge in [-0.2, -0.15) is 0 Å². The second kappa shape index (κ2) is 5.34. The van der Waals surface area contributed by atoms with E-state index in [2.05, 4.69) is 0 Å². The lowest BCUT2D eigenvalue weighted by molar-refractivity contribution is -0.137. The summed E-state index contributed by atoms with van der Waals surface area (Å²) in [6.07, 6.45) is 1.52. The molecule has 1 rings (SSSR count). The predicted octanol–water partition coefficient (Wildman–Crippen LogP) is 0.779. The van der Waals surface area contributed by atoms with Crippen molar-refractivity contribution in [1.82, 2.24) is 4.57 Å². The van der Waals surface area contributed by atoms with E-state index >= 15 is 0 Å². The smallest absolute Gasteiger partial charge is 0.323 e. The molecule has 0 spiro atoms. The summed E-state index contributed by atoms with van der Waals surface area (Å²) >= 11 is 0. The van der Waals surface area contributed by atoms with Crippen LogP contribution in [0.15, 0.2) is 23.1 Å². The molecular formula is C11H16N2O3. The highest BCUT2D eigenvalue weighted by molar-refractivity contribution is 5.66. The van der Waals surface area contributed by atoms with E-state index in [4.69, 9.17) is 5.11 Å². The zero-order valence-electron chi connectivity index (χ0n) is 9.51. The molecule has 16 heavy (non-hydrogen) atoms. The first-order chi connectivity index (χ1) is 7.58. The Morgan fingerprint density at radius 1 is 1.44 bits per heavy atom. The summed E-state index contributed by atoms with van der Waals surface area (Å²) in [6, 6.07) is 3.23. The summed E-state index contributed by atoms with van der Waals surface area (Å²) in [4.78, 5) is 24.1. The molecule has 0 aliphatic heterocycles. The lowest BCUT2D eigenvalue weighted by atomic mass is 10.3. The standard InChI is InChI=1S/C11H16N2O3/c1-3-12(4-2)9-5-6-13(8-11(15)16)10(14)7-9/h5-7H,3-4,8H2,1-2H3,(H,15,16). The van der Waals surface area contributed by atoms with Crippen LogP contribution < -0.4 is 10.5 Å². The highest BCUT2D eigenvalue weighted by Crippen LogP contribution is 2.09. The molecular weight excluding hydrogens is 208 g/mol. The fourth-order valence-electron chi connectivity index (χ4n) is 1.56. The molecule has 0 atom stereocenters. The van der Waals surface area contributed by atoms with Crippen molar-refractivity contribution in [2.24, 2.45) is 0 Å². The number of carboxylic acids is 1. The lowest BCUT2D eigenvalue weighted by Crippen LogP contribution is -2.27. The minimum absolute atomic E-state index is 0.285. The summed E-state index contributed by atoms with van der Waals surface area (Å²) in [5, 5.41) is 8.59. The quantitative estimate of drug-likeness (QED) is 0.802. The molecule has 0 aromatic carbocycles. The number of hydrogen-bond acceptors (Lipinski definition) is 3. The number of anilines is 1. The molecule has 88 valence electrons. The van der Waals surface area contributed by atoms with Gasteiger partial charge in [0.1, 0.15) is 6.54 Å². The van der Waals surface area contributed by atoms with Crippen molar-refractivity contribution in [3.05, 3.63) is 28.7 Å². The van der Waals surface area contributed by atoms with Crippen molar-refractivity contribution in [2.45, 2.75) is 20.4 Å². The van der Waals surface area contributed by atoms with E-state index in [1.165, 1.54) is 16.8 Å². The zero-order valence-corrected chi connectivity index (χ0v) is 9.51. The Labute approximate surface area is 93.9 Å². The van der Waals surface area contributed by atoms with Gasteiger partial charge in [0.05, 0.1) is 0 Å². The molecule has 1 aromatic heterocycles. The molecule has 0 saturated heterocycles. The van der Waals surface area contributed by atoms with Crippen LogP contribution in [-0.2, 0) is 11.3 Å². The highest BCUT2D eigenvalue weighted by Gasteiger charge is 2.05. The summed E-state index contributed by atoms with van der Waals surface area (Å²) < 4.78 is 1.18. The Kier molecular flexibility index (Phi) is 4.10. The number of aromatic nitrogens is 1. The number of carboxylic acid groups (broad SMARTS) is 1. The number of rotatable bonds is 5. The van der Waals surface area contributed by atoms with Gasteiger partial charge in [-0.15, -0.1) is 0 Å². The molecule has 0 unspecified atom stereocenters. The number of nitrogens with zero attached hydrogens (tertiary/aromatic N) is 2. The van der Waals surface area contributed by atoms with Crippen LogP contribution in [0.5, 0.6) is 0 Å². The Hall–Kier alpha value is -1.78. The number of hydrogen-bond donors (Lipinski definition) is 1. The SMILES string of the molecule is CCN(CC)c1ccn(CC(=O)O)c(=O)c1. The van der Waals surface area contributed by atoms with Crippen LogP contribution >= 0.6 is 0 Å². The van der Waals surface area contributed by atoms with Crippen LogP contribution in [0, 0.1) is 0 Å². The fraction of sp³-hybridized carbons (Fsp3) is 0.455. The van der Waals surface area contributed by atoms with E-state index in [0.29, 0.717) is 0 Å². The normalized spacial score (nSPS) is 10.1. The van der Waals surface area contributed by atoms with Gasteiger partial charge in [-0.05, 0) is 19.9 Å². The predicted molar refractivity (Wildman–Crippen MR) is 61.9 cm³/mol. The highest BCUT2D eigenvalue weighted by atomic mass is 16.4. The van der Waals surface area contributed by atoms with Crippen LogP contribution in [0.1, 0.15) is 13.8 Å². The Bertz CT molecular complexity index is 421.